The number of hydrogen-bond acceptors (Lipinski definition) is 5. The third-order valence-corrected chi connectivity index (χ3v) is 5.70. The van der Waals surface area contributed by atoms with Gasteiger partial charge in [0.25, 0.3) is 5.91 Å². The largest absolute Gasteiger partial charge is 0.497 e. The number of carbonyl (C=O) groups is 3. The summed E-state index contributed by atoms with van der Waals surface area (Å²) in [5.74, 6) is 0.731. The predicted molar refractivity (Wildman–Crippen MR) is 111 cm³/mol. The Balaban J connectivity index is 1.55. The minimum absolute atomic E-state index is 0.181. The molecule has 162 valence electrons. The lowest BCUT2D eigenvalue weighted by atomic mass is 9.95. The van der Waals surface area contributed by atoms with Crippen LogP contribution in [0.3, 0.4) is 0 Å². The van der Waals surface area contributed by atoms with Gasteiger partial charge < -0.3 is 24.7 Å². The van der Waals surface area contributed by atoms with Crippen molar-refractivity contribution >= 4 is 17.8 Å². The molecular formula is C22H24N4O5. The van der Waals surface area contributed by atoms with Gasteiger partial charge in [0.05, 0.1) is 43.8 Å². The first-order chi connectivity index (χ1) is 14.9. The van der Waals surface area contributed by atoms with E-state index in [1.165, 1.54) is 16.1 Å². The number of likely N-dealkylation sites (N-methyl/N-ethyl adjacent to an activating group) is 1. The van der Waals surface area contributed by atoms with E-state index in [1.807, 2.05) is 12.1 Å². The van der Waals surface area contributed by atoms with Crippen molar-refractivity contribution in [1.29, 1.82) is 0 Å². The highest BCUT2D eigenvalue weighted by molar-refractivity contribution is 6.03. The van der Waals surface area contributed by atoms with Crippen molar-refractivity contribution in [1.82, 2.24) is 20.4 Å². The lowest BCUT2D eigenvalue weighted by Gasteiger charge is -2.31. The number of urea groups is 1. The van der Waals surface area contributed by atoms with E-state index in [9.17, 15) is 14.4 Å². The number of rotatable bonds is 6. The molecule has 9 heteroatoms. The SMILES string of the molecule is COc1ccc([C@H]2NC(=O)N(C)C3=C2C(=O)N([C@H](C)C(=O)NCc2ccco2)C3)cc1. The van der Waals surface area contributed by atoms with Crippen molar-refractivity contribution in [2.45, 2.75) is 25.6 Å². The van der Waals surface area contributed by atoms with Crippen LogP contribution in [0, 0.1) is 0 Å². The van der Waals surface area contributed by atoms with Gasteiger partial charge in [-0.2, -0.15) is 0 Å². The second kappa shape index (κ2) is 8.17. The number of carbonyl (C=O) groups excluding carboxylic acids is 3. The molecule has 1 aromatic heterocycles. The van der Waals surface area contributed by atoms with Crippen molar-refractivity contribution in [2.24, 2.45) is 0 Å². The molecule has 2 aliphatic heterocycles. The number of furan rings is 1. The average Bonchev–Trinajstić information content (AvgIpc) is 3.42. The number of nitrogens with one attached hydrogen (secondary N) is 2. The van der Waals surface area contributed by atoms with Gasteiger partial charge >= 0.3 is 6.03 Å². The van der Waals surface area contributed by atoms with Gasteiger partial charge in [-0.3, -0.25) is 14.5 Å². The van der Waals surface area contributed by atoms with Crippen LogP contribution in [-0.2, 0) is 16.1 Å². The van der Waals surface area contributed by atoms with E-state index < -0.39 is 12.1 Å². The fourth-order valence-electron chi connectivity index (χ4n) is 3.82. The molecule has 0 spiro atoms. The van der Waals surface area contributed by atoms with Crippen LogP contribution in [0.4, 0.5) is 4.79 Å². The molecule has 9 nitrogen and oxygen atoms in total. The topological polar surface area (TPSA) is 104 Å². The summed E-state index contributed by atoms with van der Waals surface area (Å²) in [5, 5.41) is 5.67. The van der Waals surface area contributed by atoms with Gasteiger partial charge in [0.1, 0.15) is 17.6 Å². The summed E-state index contributed by atoms with van der Waals surface area (Å²) in [6.07, 6.45) is 1.53. The third-order valence-electron chi connectivity index (χ3n) is 5.70. The summed E-state index contributed by atoms with van der Waals surface area (Å²) >= 11 is 0. The second-order valence-corrected chi connectivity index (χ2v) is 7.48. The second-order valence-electron chi connectivity index (χ2n) is 7.48. The molecule has 0 bridgehead atoms. The van der Waals surface area contributed by atoms with Gasteiger partial charge in [-0.05, 0) is 36.8 Å². The molecule has 2 aliphatic rings. The molecule has 4 rings (SSSR count). The molecule has 31 heavy (non-hydrogen) atoms. The van der Waals surface area contributed by atoms with Crippen molar-refractivity contribution in [3.63, 3.8) is 0 Å². The Bertz CT molecular complexity index is 1030. The first-order valence-electron chi connectivity index (χ1n) is 9.93. The molecular weight excluding hydrogens is 400 g/mol. The molecule has 0 saturated heterocycles. The van der Waals surface area contributed by atoms with E-state index >= 15 is 0 Å². The number of methoxy groups -OCH3 is 1. The third kappa shape index (κ3) is 3.74. The molecule has 0 fully saturated rings. The average molecular weight is 424 g/mol. The lowest BCUT2D eigenvalue weighted by molar-refractivity contribution is -0.135. The predicted octanol–water partition coefficient (Wildman–Crippen LogP) is 1.79. The molecule has 1 aromatic carbocycles. The summed E-state index contributed by atoms with van der Waals surface area (Å²) in [7, 11) is 3.19. The number of benzene rings is 1. The van der Waals surface area contributed by atoms with E-state index in [2.05, 4.69) is 10.6 Å². The highest BCUT2D eigenvalue weighted by Crippen LogP contribution is 2.36. The fourth-order valence-corrected chi connectivity index (χ4v) is 3.82. The Morgan fingerprint density at radius 3 is 2.68 bits per heavy atom. The zero-order chi connectivity index (χ0) is 22.1. The van der Waals surface area contributed by atoms with E-state index in [0.29, 0.717) is 22.8 Å². The Kier molecular flexibility index (Phi) is 5.41. The van der Waals surface area contributed by atoms with Crippen LogP contribution in [0.15, 0.2) is 58.3 Å². The standard InChI is InChI=1S/C22H24N4O5/c1-13(20(27)23-11-16-5-4-10-31-16)26-12-17-18(21(26)28)19(24-22(29)25(17)2)14-6-8-15(30-3)9-7-14/h4-10,13,19H,11-12H2,1-3H3,(H,23,27)(H,24,29)/t13-,19-/m1/s1. The maximum absolute atomic E-state index is 13.3. The first kappa shape index (κ1) is 20.5. The highest BCUT2D eigenvalue weighted by Gasteiger charge is 2.45. The Morgan fingerprint density at radius 1 is 1.29 bits per heavy atom. The Hall–Kier alpha value is -3.75. The fraction of sp³-hybridized carbons (Fsp3) is 0.318. The summed E-state index contributed by atoms with van der Waals surface area (Å²) in [6, 6.07) is 9.08. The summed E-state index contributed by atoms with van der Waals surface area (Å²) in [4.78, 5) is 41.5. The summed E-state index contributed by atoms with van der Waals surface area (Å²) < 4.78 is 10.4. The highest BCUT2D eigenvalue weighted by atomic mass is 16.5. The Morgan fingerprint density at radius 2 is 2.03 bits per heavy atom. The maximum atomic E-state index is 13.3. The van der Waals surface area contributed by atoms with Crippen LogP contribution < -0.4 is 15.4 Å². The molecule has 0 unspecified atom stereocenters. The van der Waals surface area contributed by atoms with Crippen LogP contribution >= 0.6 is 0 Å². The van der Waals surface area contributed by atoms with Gasteiger partial charge in [-0.15, -0.1) is 0 Å². The zero-order valence-electron chi connectivity index (χ0n) is 17.5. The molecule has 2 aromatic rings. The van der Waals surface area contributed by atoms with E-state index in [-0.39, 0.29) is 30.9 Å². The molecule has 2 N–H and O–H groups in total. The van der Waals surface area contributed by atoms with Crippen molar-refractivity contribution in [3.05, 3.63) is 65.3 Å². The number of ether oxygens (including phenoxy) is 1. The van der Waals surface area contributed by atoms with E-state index in [4.69, 9.17) is 9.15 Å². The van der Waals surface area contributed by atoms with Gasteiger partial charge in [-0.1, -0.05) is 12.1 Å². The monoisotopic (exact) mass is 424 g/mol. The van der Waals surface area contributed by atoms with Gasteiger partial charge in [0, 0.05) is 7.05 Å². The molecule has 3 heterocycles. The Labute approximate surface area is 179 Å². The van der Waals surface area contributed by atoms with Crippen LogP contribution in [0.25, 0.3) is 0 Å². The summed E-state index contributed by atoms with van der Waals surface area (Å²) in [6.45, 7) is 2.09. The lowest BCUT2D eigenvalue weighted by Crippen LogP contribution is -2.46. The van der Waals surface area contributed by atoms with E-state index in [0.717, 1.165) is 5.56 Å². The van der Waals surface area contributed by atoms with Crippen molar-refractivity contribution < 1.29 is 23.5 Å². The van der Waals surface area contributed by atoms with Crippen LogP contribution in [-0.4, -0.2) is 54.4 Å². The van der Waals surface area contributed by atoms with Crippen molar-refractivity contribution in [2.75, 3.05) is 20.7 Å². The van der Waals surface area contributed by atoms with Gasteiger partial charge in [0.2, 0.25) is 5.91 Å². The van der Waals surface area contributed by atoms with Gasteiger partial charge in [-0.25, -0.2) is 4.79 Å². The van der Waals surface area contributed by atoms with Crippen LogP contribution in [0.2, 0.25) is 0 Å². The van der Waals surface area contributed by atoms with Crippen LogP contribution in [0.5, 0.6) is 5.75 Å². The minimum atomic E-state index is -0.715. The summed E-state index contributed by atoms with van der Waals surface area (Å²) in [5.41, 5.74) is 1.83. The minimum Gasteiger partial charge on any atom is -0.497 e. The number of amides is 4. The number of nitrogens with zero attached hydrogens (tertiary/aromatic N) is 2. The molecule has 2 atom stereocenters. The first-order valence-corrected chi connectivity index (χ1v) is 9.93. The molecule has 4 amide bonds. The van der Waals surface area contributed by atoms with Crippen molar-refractivity contribution in [3.8, 4) is 5.75 Å². The van der Waals surface area contributed by atoms with Gasteiger partial charge in [0.15, 0.2) is 0 Å². The maximum Gasteiger partial charge on any atom is 0.322 e. The smallest absolute Gasteiger partial charge is 0.322 e. The molecule has 0 aliphatic carbocycles. The normalized spacial score (nSPS) is 19.3. The molecule has 0 saturated carbocycles. The number of hydrogen-bond donors (Lipinski definition) is 2. The quantitative estimate of drug-likeness (QED) is 0.736. The molecule has 0 radical (unpaired) electrons. The zero-order valence-corrected chi connectivity index (χ0v) is 17.5. The van der Waals surface area contributed by atoms with E-state index in [1.54, 1.807) is 45.3 Å². The van der Waals surface area contributed by atoms with Crippen LogP contribution in [0.1, 0.15) is 24.3 Å².